The van der Waals surface area contributed by atoms with Crippen LogP contribution in [0.1, 0.15) is 33.1 Å². The molecule has 1 rings (SSSR count). The Labute approximate surface area is 84.8 Å². The summed E-state index contributed by atoms with van der Waals surface area (Å²) in [6.07, 6.45) is 3.54. The second kappa shape index (κ2) is 5.15. The van der Waals surface area contributed by atoms with Crippen molar-refractivity contribution in [2.45, 2.75) is 39.2 Å². The van der Waals surface area contributed by atoms with E-state index in [9.17, 15) is 9.90 Å². The number of hydrogen-bond acceptors (Lipinski definition) is 3. The smallest absolute Gasteiger partial charge is 0.306 e. The summed E-state index contributed by atoms with van der Waals surface area (Å²) in [5.41, 5.74) is 1.21. The van der Waals surface area contributed by atoms with Gasteiger partial charge in [0.05, 0.1) is 19.1 Å². The summed E-state index contributed by atoms with van der Waals surface area (Å²) in [7, 11) is 0. The van der Waals surface area contributed by atoms with E-state index in [2.05, 4.69) is 0 Å². The fraction of sp³-hybridized carbons (Fsp3) is 0.727. The Balaban J connectivity index is 2.43. The van der Waals surface area contributed by atoms with Crippen molar-refractivity contribution in [3.63, 3.8) is 0 Å². The molecule has 0 aromatic carbocycles. The Morgan fingerprint density at radius 3 is 3.00 bits per heavy atom. The standard InChI is InChI=1S/C11H18O3/c1-3-14-11(13)7-9-5-4-8(2)6-10(9)12/h6,9-10,12H,3-5,7H2,1-2H3/t9?,10-/m1/s1. The number of esters is 1. The van der Waals surface area contributed by atoms with Crippen LogP contribution in [0.15, 0.2) is 11.6 Å². The van der Waals surface area contributed by atoms with Crippen molar-refractivity contribution in [2.24, 2.45) is 5.92 Å². The third-order valence-electron chi connectivity index (χ3n) is 2.58. The molecule has 3 heteroatoms. The quantitative estimate of drug-likeness (QED) is 0.554. The molecule has 2 atom stereocenters. The summed E-state index contributed by atoms with van der Waals surface area (Å²) in [6, 6.07) is 0. The maximum absolute atomic E-state index is 11.2. The van der Waals surface area contributed by atoms with Crippen molar-refractivity contribution in [1.82, 2.24) is 0 Å². The van der Waals surface area contributed by atoms with E-state index in [1.54, 1.807) is 6.92 Å². The SMILES string of the molecule is CCOC(=O)CC1CCC(C)=C[C@H]1O. The number of aliphatic hydroxyl groups is 1. The number of allylic oxidation sites excluding steroid dienone is 1. The van der Waals surface area contributed by atoms with Crippen molar-refractivity contribution in [3.8, 4) is 0 Å². The first-order chi connectivity index (χ1) is 6.63. The van der Waals surface area contributed by atoms with E-state index >= 15 is 0 Å². The molecule has 3 nitrogen and oxygen atoms in total. The molecule has 0 amide bonds. The third-order valence-corrected chi connectivity index (χ3v) is 2.58. The molecule has 0 fully saturated rings. The topological polar surface area (TPSA) is 46.5 Å². The van der Waals surface area contributed by atoms with E-state index in [1.165, 1.54) is 5.57 Å². The van der Waals surface area contributed by atoms with Crippen LogP contribution in [0.5, 0.6) is 0 Å². The van der Waals surface area contributed by atoms with Crippen molar-refractivity contribution in [1.29, 1.82) is 0 Å². The van der Waals surface area contributed by atoms with Gasteiger partial charge in [-0.25, -0.2) is 0 Å². The summed E-state index contributed by atoms with van der Waals surface area (Å²) < 4.78 is 4.85. The van der Waals surface area contributed by atoms with Gasteiger partial charge in [-0.05, 0) is 32.6 Å². The fourth-order valence-electron chi connectivity index (χ4n) is 1.75. The maximum atomic E-state index is 11.2. The average molecular weight is 198 g/mol. The van der Waals surface area contributed by atoms with Gasteiger partial charge in [-0.1, -0.05) is 11.6 Å². The molecule has 1 aliphatic rings. The number of hydrogen-bond donors (Lipinski definition) is 1. The van der Waals surface area contributed by atoms with Gasteiger partial charge in [-0.2, -0.15) is 0 Å². The molecular formula is C11H18O3. The molecule has 0 radical (unpaired) electrons. The molecule has 0 heterocycles. The van der Waals surface area contributed by atoms with Crippen LogP contribution in [0.25, 0.3) is 0 Å². The second-order valence-electron chi connectivity index (χ2n) is 3.81. The van der Waals surface area contributed by atoms with Gasteiger partial charge in [-0.3, -0.25) is 4.79 Å². The summed E-state index contributed by atoms with van der Waals surface area (Å²) in [6.45, 7) is 4.21. The summed E-state index contributed by atoms with van der Waals surface area (Å²) >= 11 is 0. The first-order valence-electron chi connectivity index (χ1n) is 5.14. The number of carbonyl (C=O) groups excluding carboxylic acids is 1. The second-order valence-corrected chi connectivity index (χ2v) is 3.81. The summed E-state index contributed by atoms with van der Waals surface area (Å²) in [5, 5.41) is 9.67. The van der Waals surface area contributed by atoms with Gasteiger partial charge in [0.25, 0.3) is 0 Å². The van der Waals surface area contributed by atoms with Crippen molar-refractivity contribution >= 4 is 5.97 Å². The van der Waals surface area contributed by atoms with E-state index in [0.717, 1.165) is 12.8 Å². The molecule has 0 aromatic heterocycles. The first-order valence-corrected chi connectivity index (χ1v) is 5.14. The number of aliphatic hydroxyl groups excluding tert-OH is 1. The van der Waals surface area contributed by atoms with Gasteiger partial charge in [0.2, 0.25) is 0 Å². The molecule has 0 spiro atoms. The van der Waals surface area contributed by atoms with Crippen LogP contribution < -0.4 is 0 Å². The minimum atomic E-state index is -0.479. The largest absolute Gasteiger partial charge is 0.466 e. The van der Waals surface area contributed by atoms with E-state index in [1.807, 2.05) is 13.0 Å². The highest BCUT2D eigenvalue weighted by molar-refractivity contribution is 5.69. The Bertz CT molecular complexity index is 233. The molecule has 14 heavy (non-hydrogen) atoms. The molecule has 0 aromatic rings. The van der Waals surface area contributed by atoms with E-state index < -0.39 is 6.10 Å². The van der Waals surface area contributed by atoms with E-state index in [-0.39, 0.29) is 11.9 Å². The molecule has 1 N–H and O–H groups in total. The average Bonchev–Trinajstić information content (AvgIpc) is 2.10. The van der Waals surface area contributed by atoms with Gasteiger partial charge >= 0.3 is 5.97 Å². The van der Waals surface area contributed by atoms with Crippen LogP contribution in [0.2, 0.25) is 0 Å². The lowest BCUT2D eigenvalue weighted by Crippen LogP contribution is -2.25. The highest BCUT2D eigenvalue weighted by atomic mass is 16.5. The van der Waals surface area contributed by atoms with Crippen LogP contribution in [-0.2, 0) is 9.53 Å². The number of ether oxygens (including phenoxy) is 1. The lowest BCUT2D eigenvalue weighted by Gasteiger charge is -2.24. The van der Waals surface area contributed by atoms with Crippen LogP contribution >= 0.6 is 0 Å². The highest BCUT2D eigenvalue weighted by Gasteiger charge is 2.24. The van der Waals surface area contributed by atoms with Gasteiger partial charge in [-0.15, -0.1) is 0 Å². The maximum Gasteiger partial charge on any atom is 0.306 e. The molecule has 0 aliphatic heterocycles. The Morgan fingerprint density at radius 1 is 1.71 bits per heavy atom. The Kier molecular flexibility index (Phi) is 4.14. The predicted octanol–water partition coefficient (Wildman–Crippen LogP) is 1.66. The fourth-order valence-corrected chi connectivity index (χ4v) is 1.75. The summed E-state index contributed by atoms with van der Waals surface area (Å²) in [4.78, 5) is 11.2. The molecule has 0 saturated heterocycles. The molecule has 1 unspecified atom stereocenters. The normalized spacial score (nSPS) is 26.9. The van der Waals surface area contributed by atoms with Gasteiger partial charge in [0, 0.05) is 0 Å². The first kappa shape index (κ1) is 11.2. The predicted molar refractivity (Wildman–Crippen MR) is 53.7 cm³/mol. The molecule has 0 saturated carbocycles. The minimum absolute atomic E-state index is 0.0396. The molecule has 1 aliphatic carbocycles. The lowest BCUT2D eigenvalue weighted by atomic mass is 9.86. The van der Waals surface area contributed by atoms with Gasteiger partial charge in [0.1, 0.15) is 0 Å². The van der Waals surface area contributed by atoms with Crippen LogP contribution in [0.4, 0.5) is 0 Å². The monoisotopic (exact) mass is 198 g/mol. The van der Waals surface area contributed by atoms with Gasteiger partial charge < -0.3 is 9.84 Å². The minimum Gasteiger partial charge on any atom is -0.466 e. The highest BCUT2D eigenvalue weighted by Crippen LogP contribution is 2.26. The Morgan fingerprint density at radius 2 is 2.43 bits per heavy atom. The zero-order valence-electron chi connectivity index (χ0n) is 8.82. The molecular weight excluding hydrogens is 180 g/mol. The van der Waals surface area contributed by atoms with Crippen molar-refractivity contribution < 1.29 is 14.6 Å². The van der Waals surface area contributed by atoms with Crippen molar-refractivity contribution in [2.75, 3.05) is 6.61 Å². The van der Waals surface area contributed by atoms with Gasteiger partial charge in [0.15, 0.2) is 0 Å². The lowest BCUT2D eigenvalue weighted by molar-refractivity contribution is -0.145. The zero-order valence-corrected chi connectivity index (χ0v) is 8.82. The molecule has 80 valence electrons. The Hall–Kier alpha value is -0.830. The number of rotatable bonds is 3. The van der Waals surface area contributed by atoms with E-state index in [4.69, 9.17) is 4.74 Å². The van der Waals surface area contributed by atoms with Crippen molar-refractivity contribution in [3.05, 3.63) is 11.6 Å². The van der Waals surface area contributed by atoms with Crippen LogP contribution in [-0.4, -0.2) is 23.8 Å². The molecule has 0 bridgehead atoms. The van der Waals surface area contributed by atoms with Crippen LogP contribution in [0.3, 0.4) is 0 Å². The van der Waals surface area contributed by atoms with E-state index in [0.29, 0.717) is 13.0 Å². The zero-order chi connectivity index (χ0) is 10.6. The number of carbonyl (C=O) groups is 1. The summed E-state index contributed by atoms with van der Waals surface area (Å²) in [5.74, 6) is -0.165. The third kappa shape index (κ3) is 3.14. The van der Waals surface area contributed by atoms with Crippen LogP contribution in [0, 0.1) is 5.92 Å².